The minimum Gasteiger partial charge on any atom is -0.478 e. The number of rotatable bonds is 3. The molecule has 1 aromatic heterocycles. The molecule has 154 valence electrons. The molecule has 0 saturated heterocycles. The van der Waals surface area contributed by atoms with Gasteiger partial charge in [0.1, 0.15) is 0 Å². The first-order valence-electron chi connectivity index (χ1n) is 10.5. The summed E-state index contributed by atoms with van der Waals surface area (Å²) in [5.41, 5.74) is 7.55. The van der Waals surface area contributed by atoms with Gasteiger partial charge in [0.25, 0.3) is 0 Å². The molecule has 0 amide bonds. The van der Waals surface area contributed by atoms with Crippen LogP contribution in [-0.2, 0) is 17.6 Å². The Balaban J connectivity index is 1.57. The number of fused-ring (bicyclic) bond motifs is 4. The van der Waals surface area contributed by atoms with Crippen LogP contribution in [0.15, 0.2) is 72.3 Å². The average molecular weight is 411 g/mol. The number of nitrogens with zero attached hydrogens (tertiary/aromatic N) is 1. The van der Waals surface area contributed by atoms with E-state index in [9.17, 15) is 9.90 Å². The van der Waals surface area contributed by atoms with E-state index >= 15 is 0 Å². The van der Waals surface area contributed by atoms with Crippen LogP contribution in [0.1, 0.15) is 23.7 Å². The topological polar surface area (TPSA) is 60.7 Å². The molecule has 2 aliphatic carbocycles. The van der Waals surface area contributed by atoms with Crippen molar-refractivity contribution in [2.75, 3.05) is 6.79 Å². The van der Waals surface area contributed by atoms with Crippen molar-refractivity contribution in [2.45, 2.75) is 25.3 Å². The van der Waals surface area contributed by atoms with Crippen LogP contribution < -0.4 is 9.47 Å². The summed E-state index contributed by atoms with van der Waals surface area (Å²) in [6, 6.07) is 16.8. The molecule has 1 unspecified atom stereocenters. The molecule has 2 aromatic carbocycles. The molecule has 0 spiro atoms. The minimum atomic E-state index is -0.892. The lowest BCUT2D eigenvalue weighted by molar-refractivity contribution is -0.132. The van der Waals surface area contributed by atoms with Crippen molar-refractivity contribution in [2.24, 2.45) is 0 Å². The number of aromatic nitrogens is 1. The van der Waals surface area contributed by atoms with Crippen molar-refractivity contribution in [3.63, 3.8) is 0 Å². The molecule has 1 atom stereocenters. The van der Waals surface area contributed by atoms with Gasteiger partial charge in [-0.05, 0) is 60.7 Å². The van der Waals surface area contributed by atoms with Gasteiger partial charge < -0.3 is 19.1 Å². The van der Waals surface area contributed by atoms with Crippen molar-refractivity contribution in [3.05, 3.63) is 83.6 Å². The van der Waals surface area contributed by atoms with Crippen LogP contribution in [-0.4, -0.2) is 22.4 Å². The molecule has 6 rings (SSSR count). The smallest absolute Gasteiger partial charge is 0.335 e. The fourth-order valence-electron chi connectivity index (χ4n) is 4.95. The molecule has 1 N–H and O–H groups in total. The maximum Gasteiger partial charge on any atom is 0.335 e. The van der Waals surface area contributed by atoms with Gasteiger partial charge in [-0.1, -0.05) is 36.4 Å². The van der Waals surface area contributed by atoms with E-state index in [0.29, 0.717) is 5.57 Å². The largest absolute Gasteiger partial charge is 0.478 e. The summed E-state index contributed by atoms with van der Waals surface area (Å²) in [5, 5.41) is 9.56. The lowest BCUT2D eigenvalue weighted by atomic mass is 9.89. The van der Waals surface area contributed by atoms with E-state index in [0.717, 1.165) is 42.0 Å². The second kappa shape index (κ2) is 6.91. The molecule has 31 heavy (non-hydrogen) atoms. The highest BCUT2D eigenvalue weighted by molar-refractivity contribution is 5.90. The van der Waals surface area contributed by atoms with Gasteiger partial charge >= 0.3 is 5.97 Å². The number of carbonyl (C=O) groups is 1. The average Bonchev–Trinajstić information content (AvgIpc) is 3.43. The molecule has 5 heteroatoms. The Morgan fingerprint density at radius 2 is 1.87 bits per heavy atom. The summed E-state index contributed by atoms with van der Waals surface area (Å²) < 4.78 is 13.4. The quantitative estimate of drug-likeness (QED) is 0.647. The lowest BCUT2D eigenvalue weighted by Crippen LogP contribution is -2.17. The van der Waals surface area contributed by atoms with Crippen molar-refractivity contribution >= 4 is 5.97 Å². The molecule has 0 fully saturated rings. The fraction of sp³-hybridized carbons (Fsp3) is 0.192. The molecular weight excluding hydrogens is 390 g/mol. The molecule has 0 radical (unpaired) electrons. The number of hydrogen-bond acceptors (Lipinski definition) is 3. The van der Waals surface area contributed by atoms with Crippen LogP contribution in [0.2, 0.25) is 0 Å². The van der Waals surface area contributed by atoms with Crippen molar-refractivity contribution < 1.29 is 19.4 Å². The summed E-state index contributed by atoms with van der Waals surface area (Å²) in [6.45, 7) is 0.238. The first-order valence-corrected chi connectivity index (χ1v) is 10.5. The highest BCUT2D eigenvalue weighted by Gasteiger charge is 2.28. The van der Waals surface area contributed by atoms with E-state index in [1.807, 2.05) is 24.3 Å². The molecule has 3 aliphatic rings. The summed E-state index contributed by atoms with van der Waals surface area (Å²) >= 11 is 0. The highest BCUT2D eigenvalue weighted by Crippen LogP contribution is 2.44. The molecule has 3 aromatic rings. The van der Waals surface area contributed by atoms with Crippen molar-refractivity contribution in [1.82, 2.24) is 4.57 Å². The zero-order valence-corrected chi connectivity index (χ0v) is 16.9. The Morgan fingerprint density at radius 1 is 1.00 bits per heavy atom. The number of allylic oxidation sites excluding steroid dienone is 2. The number of aliphatic carboxylic acids is 1. The SMILES string of the molecule is O=C(O)C1=CC(n2c(-c3ccc4c(c3)OCO4)cc3c2CCc2ccccc2-3)CC=C1. The van der Waals surface area contributed by atoms with E-state index in [4.69, 9.17) is 9.47 Å². The van der Waals surface area contributed by atoms with Gasteiger partial charge in [0.2, 0.25) is 6.79 Å². The van der Waals surface area contributed by atoms with Gasteiger partial charge in [0.05, 0.1) is 11.6 Å². The standard InChI is InChI=1S/C26H21NO4/c28-26(29)18-5-3-6-19(12-18)27-22-10-8-16-4-1-2-7-20(16)21(22)14-23(27)17-9-11-24-25(13-17)31-15-30-24/h1-5,7,9,11-14,19H,6,8,10,15H2,(H,28,29). The monoisotopic (exact) mass is 411 g/mol. The zero-order chi connectivity index (χ0) is 20.9. The summed E-state index contributed by atoms with van der Waals surface area (Å²) in [7, 11) is 0. The normalized spacial score (nSPS) is 18.3. The Hall–Kier alpha value is -3.73. The first-order chi connectivity index (χ1) is 15.2. The van der Waals surface area contributed by atoms with E-state index in [1.165, 1.54) is 22.4 Å². The van der Waals surface area contributed by atoms with Gasteiger partial charge in [-0.15, -0.1) is 0 Å². The lowest BCUT2D eigenvalue weighted by Gasteiger charge is -2.26. The number of ether oxygens (including phenoxy) is 2. The van der Waals surface area contributed by atoms with Crippen LogP contribution >= 0.6 is 0 Å². The summed E-state index contributed by atoms with van der Waals surface area (Å²) in [5.74, 6) is 0.608. The van der Waals surface area contributed by atoms with Crippen molar-refractivity contribution in [1.29, 1.82) is 0 Å². The zero-order valence-electron chi connectivity index (χ0n) is 16.9. The van der Waals surface area contributed by atoms with E-state index in [2.05, 4.69) is 41.0 Å². The maximum atomic E-state index is 11.6. The predicted molar refractivity (Wildman–Crippen MR) is 117 cm³/mol. The van der Waals surface area contributed by atoms with Gasteiger partial charge in [-0.3, -0.25) is 0 Å². The fourth-order valence-corrected chi connectivity index (χ4v) is 4.95. The third kappa shape index (κ3) is 2.88. The van der Waals surface area contributed by atoms with E-state index in [1.54, 1.807) is 6.08 Å². The number of carboxylic acid groups (broad SMARTS) is 1. The third-order valence-corrected chi connectivity index (χ3v) is 6.37. The van der Waals surface area contributed by atoms with Gasteiger partial charge in [0, 0.05) is 22.5 Å². The number of benzene rings is 2. The Bertz CT molecular complexity index is 1280. The molecule has 0 saturated carbocycles. The van der Waals surface area contributed by atoms with Crippen LogP contribution in [0.5, 0.6) is 11.5 Å². The van der Waals surface area contributed by atoms with Crippen LogP contribution in [0.4, 0.5) is 0 Å². The Morgan fingerprint density at radius 3 is 2.77 bits per heavy atom. The van der Waals surface area contributed by atoms with E-state index in [-0.39, 0.29) is 12.8 Å². The second-order valence-corrected chi connectivity index (χ2v) is 8.12. The molecule has 1 aliphatic heterocycles. The van der Waals surface area contributed by atoms with Crippen molar-refractivity contribution in [3.8, 4) is 33.9 Å². The highest BCUT2D eigenvalue weighted by atomic mass is 16.7. The predicted octanol–water partition coefficient (Wildman–Crippen LogP) is 5.16. The van der Waals surface area contributed by atoms with Crippen LogP contribution in [0, 0.1) is 0 Å². The van der Waals surface area contributed by atoms with Gasteiger partial charge in [0.15, 0.2) is 11.5 Å². The van der Waals surface area contributed by atoms with Crippen LogP contribution in [0.3, 0.4) is 0 Å². The third-order valence-electron chi connectivity index (χ3n) is 6.37. The Labute approximate surface area is 179 Å². The second-order valence-electron chi connectivity index (χ2n) is 8.12. The number of aryl methyl sites for hydroxylation is 1. The Kier molecular flexibility index (Phi) is 4.03. The number of hydrogen-bond donors (Lipinski definition) is 1. The van der Waals surface area contributed by atoms with E-state index < -0.39 is 5.97 Å². The first kappa shape index (κ1) is 18.1. The van der Waals surface area contributed by atoms with Gasteiger partial charge in [-0.25, -0.2) is 4.79 Å². The number of carboxylic acids is 1. The maximum absolute atomic E-state index is 11.6. The van der Waals surface area contributed by atoms with Gasteiger partial charge in [-0.2, -0.15) is 0 Å². The summed E-state index contributed by atoms with van der Waals surface area (Å²) in [6.07, 6.45) is 8.20. The molecular formula is C26H21NO4. The van der Waals surface area contributed by atoms with Crippen LogP contribution in [0.25, 0.3) is 22.4 Å². The summed E-state index contributed by atoms with van der Waals surface area (Å²) in [4.78, 5) is 11.6. The molecule has 0 bridgehead atoms. The molecule has 5 nitrogen and oxygen atoms in total. The molecule has 2 heterocycles. The minimum absolute atomic E-state index is 0.0504.